The van der Waals surface area contributed by atoms with Crippen LogP contribution in [0.25, 0.3) is 0 Å². The van der Waals surface area contributed by atoms with Crippen molar-refractivity contribution in [3.05, 3.63) is 63.2 Å². The van der Waals surface area contributed by atoms with Crippen molar-refractivity contribution in [3.63, 3.8) is 0 Å². The molecule has 0 aliphatic rings. The fraction of sp³-hybridized carbons (Fsp3) is 0.0833. The molecule has 4 nitrogen and oxygen atoms in total. The molecule has 92 valence electrons. The second-order valence-corrected chi connectivity index (χ2v) is 4.37. The molecule has 0 atom stereocenters. The van der Waals surface area contributed by atoms with Gasteiger partial charge in [-0.15, -0.1) is 4.91 Å². The van der Waals surface area contributed by atoms with Crippen molar-refractivity contribution in [3.8, 4) is 0 Å². The highest BCUT2D eigenvalue weighted by Gasteiger charge is 2.12. The summed E-state index contributed by atoms with van der Waals surface area (Å²) in [7, 11) is 0. The molecule has 1 aromatic heterocycles. The number of halogens is 2. The van der Waals surface area contributed by atoms with Crippen molar-refractivity contribution in [2.75, 3.05) is 5.01 Å². The molecule has 6 heteroatoms. The van der Waals surface area contributed by atoms with E-state index in [9.17, 15) is 4.91 Å². The lowest BCUT2D eigenvalue weighted by Gasteiger charge is -2.16. The molecular weight excluding hydrogens is 273 g/mol. The average Bonchev–Trinajstić information content (AvgIpc) is 2.40. The van der Waals surface area contributed by atoms with Crippen molar-refractivity contribution in [2.24, 2.45) is 5.29 Å². The summed E-state index contributed by atoms with van der Waals surface area (Å²) in [5, 5.41) is 5.21. The van der Waals surface area contributed by atoms with Gasteiger partial charge in [0.05, 0.1) is 23.7 Å². The molecule has 0 unspecified atom stereocenters. The maximum atomic E-state index is 10.9. The Morgan fingerprint density at radius 2 is 1.89 bits per heavy atom. The standard InChI is InChI=1S/C12H9Cl2N3O/c13-11-4-1-5-12(14)10(11)8-17(16-18)9-3-2-6-15-7-9/h1-7H,8H2. The van der Waals surface area contributed by atoms with Gasteiger partial charge in [0.25, 0.3) is 0 Å². The van der Waals surface area contributed by atoms with E-state index in [4.69, 9.17) is 23.2 Å². The number of nitroso groups, excluding NO2 is 1. The van der Waals surface area contributed by atoms with Crippen LogP contribution in [0.2, 0.25) is 10.0 Å². The predicted molar refractivity (Wildman–Crippen MR) is 72.7 cm³/mol. The summed E-state index contributed by atoms with van der Waals surface area (Å²) in [4.78, 5) is 14.8. The van der Waals surface area contributed by atoms with Gasteiger partial charge >= 0.3 is 0 Å². The molecule has 0 aliphatic heterocycles. The third-order valence-electron chi connectivity index (χ3n) is 2.41. The molecule has 0 N–H and O–H groups in total. The summed E-state index contributed by atoms with van der Waals surface area (Å²) in [5.41, 5.74) is 1.24. The van der Waals surface area contributed by atoms with Crippen molar-refractivity contribution in [2.45, 2.75) is 6.54 Å². The normalized spacial score (nSPS) is 10.1. The number of aromatic nitrogens is 1. The molecule has 0 saturated carbocycles. The highest BCUT2D eigenvalue weighted by molar-refractivity contribution is 6.36. The van der Waals surface area contributed by atoms with Crippen LogP contribution in [0.4, 0.5) is 5.69 Å². The lowest BCUT2D eigenvalue weighted by Crippen LogP contribution is -2.15. The van der Waals surface area contributed by atoms with Gasteiger partial charge in [-0.3, -0.25) is 4.98 Å². The predicted octanol–water partition coefficient (Wildman–Crippen LogP) is 4.08. The van der Waals surface area contributed by atoms with Crippen LogP contribution in [0, 0.1) is 4.91 Å². The summed E-state index contributed by atoms with van der Waals surface area (Å²) in [6.07, 6.45) is 3.17. The Morgan fingerprint density at radius 1 is 1.17 bits per heavy atom. The third kappa shape index (κ3) is 2.78. The molecule has 2 rings (SSSR count). The van der Waals surface area contributed by atoms with E-state index in [0.29, 0.717) is 21.3 Å². The van der Waals surface area contributed by atoms with E-state index in [1.165, 1.54) is 5.01 Å². The van der Waals surface area contributed by atoms with Crippen molar-refractivity contribution < 1.29 is 0 Å². The largest absolute Gasteiger partial charge is 0.262 e. The first-order valence-electron chi connectivity index (χ1n) is 5.16. The van der Waals surface area contributed by atoms with Crippen LogP contribution < -0.4 is 5.01 Å². The number of nitrogens with zero attached hydrogens (tertiary/aromatic N) is 3. The minimum Gasteiger partial charge on any atom is -0.262 e. The van der Waals surface area contributed by atoms with E-state index in [2.05, 4.69) is 10.3 Å². The second kappa shape index (κ2) is 5.80. The number of hydrogen-bond acceptors (Lipinski definition) is 3. The molecule has 1 aromatic carbocycles. The first kappa shape index (κ1) is 12.8. The van der Waals surface area contributed by atoms with Crippen LogP contribution in [0.5, 0.6) is 0 Å². The summed E-state index contributed by atoms with van der Waals surface area (Å²) in [5.74, 6) is 0. The number of rotatable bonds is 4. The van der Waals surface area contributed by atoms with Gasteiger partial charge in [-0.1, -0.05) is 29.3 Å². The zero-order valence-corrected chi connectivity index (χ0v) is 10.8. The van der Waals surface area contributed by atoms with Gasteiger partial charge in [-0.2, -0.15) is 0 Å². The van der Waals surface area contributed by atoms with E-state index in [-0.39, 0.29) is 6.54 Å². The number of pyridine rings is 1. The van der Waals surface area contributed by atoms with Crippen LogP contribution in [0.3, 0.4) is 0 Å². The Bertz CT molecular complexity index is 528. The first-order chi connectivity index (χ1) is 8.72. The number of anilines is 1. The Labute approximate surface area is 114 Å². The molecule has 0 spiro atoms. The molecule has 0 saturated heterocycles. The molecule has 18 heavy (non-hydrogen) atoms. The zero-order chi connectivity index (χ0) is 13.0. The summed E-state index contributed by atoms with van der Waals surface area (Å²) in [6.45, 7) is 0.202. The molecule has 0 fully saturated rings. The second-order valence-electron chi connectivity index (χ2n) is 3.55. The lowest BCUT2D eigenvalue weighted by molar-refractivity contribution is 0.843. The summed E-state index contributed by atoms with van der Waals surface area (Å²) >= 11 is 12.1. The summed E-state index contributed by atoms with van der Waals surface area (Å²) in [6, 6.07) is 8.64. The maximum Gasteiger partial charge on any atom is 0.0813 e. The molecule has 2 aromatic rings. The van der Waals surface area contributed by atoms with Crippen LogP contribution in [0.15, 0.2) is 48.0 Å². The van der Waals surface area contributed by atoms with E-state index in [1.54, 1.807) is 42.7 Å². The first-order valence-corrected chi connectivity index (χ1v) is 5.91. The Hall–Kier alpha value is -1.65. The molecule has 0 bridgehead atoms. The number of hydrogen-bond donors (Lipinski definition) is 0. The van der Waals surface area contributed by atoms with E-state index < -0.39 is 0 Å². The quantitative estimate of drug-likeness (QED) is 0.627. The van der Waals surface area contributed by atoms with Crippen molar-refractivity contribution >= 4 is 28.9 Å². The summed E-state index contributed by atoms with van der Waals surface area (Å²) < 4.78 is 0. The Balaban J connectivity index is 2.29. The third-order valence-corrected chi connectivity index (χ3v) is 3.12. The molecule has 1 heterocycles. The Morgan fingerprint density at radius 3 is 2.44 bits per heavy atom. The SMILES string of the molecule is O=NN(Cc1c(Cl)cccc1Cl)c1cccnc1. The minimum absolute atomic E-state index is 0.202. The van der Waals surface area contributed by atoms with Gasteiger partial charge in [0.1, 0.15) is 0 Å². The van der Waals surface area contributed by atoms with Crippen molar-refractivity contribution in [1.82, 2.24) is 4.98 Å². The van der Waals surface area contributed by atoms with Crippen LogP contribution >= 0.6 is 23.2 Å². The molecular formula is C12H9Cl2N3O. The van der Waals surface area contributed by atoms with E-state index in [0.717, 1.165) is 0 Å². The minimum atomic E-state index is 0.202. The monoisotopic (exact) mass is 281 g/mol. The van der Waals surface area contributed by atoms with Crippen LogP contribution in [0.1, 0.15) is 5.56 Å². The van der Waals surface area contributed by atoms with Gasteiger partial charge in [0, 0.05) is 21.8 Å². The lowest BCUT2D eigenvalue weighted by atomic mass is 10.2. The van der Waals surface area contributed by atoms with Crippen molar-refractivity contribution in [1.29, 1.82) is 0 Å². The molecule has 0 radical (unpaired) electrons. The fourth-order valence-corrected chi connectivity index (χ4v) is 2.02. The van der Waals surface area contributed by atoms with Gasteiger partial charge in [-0.25, -0.2) is 5.01 Å². The zero-order valence-electron chi connectivity index (χ0n) is 9.25. The van der Waals surface area contributed by atoms with Gasteiger partial charge in [-0.05, 0) is 24.3 Å². The average molecular weight is 282 g/mol. The van der Waals surface area contributed by atoms with E-state index >= 15 is 0 Å². The smallest absolute Gasteiger partial charge is 0.0813 e. The van der Waals surface area contributed by atoms with Crippen LogP contribution in [-0.4, -0.2) is 4.98 Å². The highest BCUT2D eigenvalue weighted by atomic mass is 35.5. The topological polar surface area (TPSA) is 45.6 Å². The van der Waals surface area contributed by atoms with Gasteiger partial charge in [0.2, 0.25) is 0 Å². The van der Waals surface area contributed by atoms with Crippen LogP contribution in [-0.2, 0) is 6.54 Å². The fourth-order valence-electron chi connectivity index (χ4n) is 1.51. The van der Waals surface area contributed by atoms with Gasteiger partial charge in [0.15, 0.2) is 0 Å². The highest BCUT2D eigenvalue weighted by Crippen LogP contribution is 2.27. The van der Waals surface area contributed by atoms with Gasteiger partial charge < -0.3 is 0 Å². The maximum absolute atomic E-state index is 10.9. The molecule has 0 aliphatic carbocycles. The van der Waals surface area contributed by atoms with E-state index in [1.807, 2.05) is 0 Å². The Kier molecular flexibility index (Phi) is 4.12. The molecule has 0 amide bonds. The number of benzene rings is 1.